The first-order valence-electron chi connectivity index (χ1n) is 7.97. The summed E-state index contributed by atoms with van der Waals surface area (Å²) < 4.78 is 2.17. The molecule has 0 aliphatic carbocycles. The van der Waals surface area contributed by atoms with Crippen molar-refractivity contribution in [2.75, 3.05) is 25.0 Å². The average molecular weight is 282 g/mol. The van der Waals surface area contributed by atoms with Gasteiger partial charge in [-0.05, 0) is 31.5 Å². The van der Waals surface area contributed by atoms with E-state index in [9.17, 15) is 0 Å². The zero-order valence-electron chi connectivity index (χ0n) is 12.3. The molecule has 1 atom stereocenters. The highest BCUT2D eigenvalue weighted by Gasteiger charge is 2.24. The summed E-state index contributed by atoms with van der Waals surface area (Å²) in [6, 6.07) is 13.0. The molecule has 3 heterocycles. The molecule has 2 N–H and O–H groups in total. The van der Waals surface area contributed by atoms with Gasteiger partial charge in [-0.15, -0.1) is 0 Å². The lowest BCUT2D eigenvalue weighted by Crippen LogP contribution is -2.27. The second-order valence-corrected chi connectivity index (χ2v) is 6.15. The molecule has 21 heavy (non-hydrogen) atoms. The van der Waals surface area contributed by atoms with Crippen LogP contribution in [0.25, 0.3) is 0 Å². The van der Waals surface area contributed by atoms with E-state index < -0.39 is 0 Å². The van der Waals surface area contributed by atoms with Gasteiger partial charge < -0.3 is 10.6 Å². The van der Waals surface area contributed by atoms with Gasteiger partial charge in [0.1, 0.15) is 5.82 Å². The summed E-state index contributed by atoms with van der Waals surface area (Å²) in [6.45, 7) is 4.22. The summed E-state index contributed by atoms with van der Waals surface area (Å²) in [7, 11) is 0. The van der Waals surface area contributed by atoms with Crippen LogP contribution < -0.4 is 10.6 Å². The highest BCUT2D eigenvalue weighted by atomic mass is 15.3. The summed E-state index contributed by atoms with van der Waals surface area (Å²) in [5.41, 5.74) is 2.67. The molecular formula is C17H22N4. The van der Waals surface area contributed by atoms with Crippen molar-refractivity contribution in [2.45, 2.75) is 31.2 Å². The van der Waals surface area contributed by atoms with Gasteiger partial charge in [-0.3, -0.25) is 0 Å². The maximum Gasteiger partial charge on any atom is 0.124 e. The Morgan fingerprint density at radius 3 is 2.67 bits per heavy atom. The van der Waals surface area contributed by atoms with Crippen LogP contribution in [0.1, 0.15) is 35.9 Å². The van der Waals surface area contributed by atoms with Crippen LogP contribution in [0.3, 0.4) is 0 Å². The molecule has 0 amide bonds. The SMILES string of the molecule is c1ccc(C2CNc3cc(C4CCNCC4)nn3C2)cc1. The van der Waals surface area contributed by atoms with E-state index in [4.69, 9.17) is 5.10 Å². The zero-order valence-corrected chi connectivity index (χ0v) is 12.3. The molecule has 4 heteroatoms. The van der Waals surface area contributed by atoms with Gasteiger partial charge in [0, 0.05) is 24.4 Å². The summed E-state index contributed by atoms with van der Waals surface area (Å²) in [5, 5.41) is 11.9. The normalized spacial score (nSPS) is 22.6. The van der Waals surface area contributed by atoms with Crippen molar-refractivity contribution in [3.63, 3.8) is 0 Å². The molecule has 1 fully saturated rings. The van der Waals surface area contributed by atoms with E-state index in [-0.39, 0.29) is 0 Å². The smallest absolute Gasteiger partial charge is 0.124 e. The molecule has 110 valence electrons. The van der Waals surface area contributed by atoms with Gasteiger partial charge in [-0.25, -0.2) is 4.68 Å². The summed E-state index contributed by atoms with van der Waals surface area (Å²) >= 11 is 0. The third kappa shape index (κ3) is 2.56. The Balaban J connectivity index is 1.54. The highest BCUT2D eigenvalue weighted by Crippen LogP contribution is 2.30. The molecule has 4 rings (SSSR count). The van der Waals surface area contributed by atoms with Crippen LogP contribution in [0.2, 0.25) is 0 Å². The lowest BCUT2D eigenvalue weighted by atomic mass is 9.95. The number of rotatable bonds is 2. The number of piperidine rings is 1. The molecule has 0 bridgehead atoms. The van der Waals surface area contributed by atoms with Gasteiger partial charge in [-0.2, -0.15) is 5.10 Å². The molecule has 2 aliphatic rings. The molecule has 1 unspecified atom stereocenters. The largest absolute Gasteiger partial charge is 0.370 e. The summed E-state index contributed by atoms with van der Waals surface area (Å²) in [6.07, 6.45) is 2.41. The van der Waals surface area contributed by atoms with Crippen LogP contribution in [-0.2, 0) is 6.54 Å². The lowest BCUT2D eigenvalue weighted by Gasteiger charge is -2.25. The van der Waals surface area contributed by atoms with Crippen molar-refractivity contribution in [3.05, 3.63) is 47.7 Å². The minimum atomic E-state index is 0.513. The van der Waals surface area contributed by atoms with Gasteiger partial charge in [0.25, 0.3) is 0 Å². The van der Waals surface area contributed by atoms with E-state index >= 15 is 0 Å². The molecule has 1 saturated heterocycles. The number of aromatic nitrogens is 2. The van der Waals surface area contributed by atoms with Crippen LogP contribution in [0, 0.1) is 0 Å². The Kier molecular flexibility index (Phi) is 3.39. The standard InChI is InChI=1S/C17H22N4/c1-2-4-13(5-3-1)15-11-19-17-10-16(20-21(17)12-15)14-6-8-18-9-7-14/h1-5,10,14-15,18-19H,6-9,11-12H2. The molecule has 4 nitrogen and oxygen atoms in total. The topological polar surface area (TPSA) is 41.9 Å². The fraction of sp³-hybridized carbons (Fsp3) is 0.471. The number of nitrogens with one attached hydrogen (secondary N) is 2. The fourth-order valence-electron chi connectivity index (χ4n) is 3.48. The van der Waals surface area contributed by atoms with E-state index in [0.717, 1.165) is 26.2 Å². The first kappa shape index (κ1) is 12.9. The number of benzene rings is 1. The maximum absolute atomic E-state index is 4.88. The summed E-state index contributed by atoms with van der Waals surface area (Å²) in [4.78, 5) is 0. The van der Waals surface area contributed by atoms with Gasteiger partial charge in [0.15, 0.2) is 0 Å². The third-order valence-electron chi connectivity index (χ3n) is 4.75. The Hall–Kier alpha value is -1.81. The van der Waals surface area contributed by atoms with Crippen LogP contribution in [0.5, 0.6) is 0 Å². The zero-order chi connectivity index (χ0) is 14.1. The average Bonchev–Trinajstić information content (AvgIpc) is 2.99. The molecule has 0 saturated carbocycles. The van der Waals surface area contributed by atoms with E-state index in [1.807, 2.05) is 0 Å². The number of fused-ring (bicyclic) bond motifs is 1. The quantitative estimate of drug-likeness (QED) is 0.889. The highest BCUT2D eigenvalue weighted by molar-refractivity contribution is 5.41. The van der Waals surface area contributed by atoms with Crippen LogP contribution in [0.4, 0.5) is 5.82 Å². The van der Waals surface area contributed by atoms with Crippen LogP contribution in [-0.4, -0.2) is 29.4 Å². The molecule has 1 aromatic heterocycles. The molecule has 0 radical (unpaired) electrons. The van der Waals surface area contributed by atoms with Crippen molar-refractivity contribution >= 4 is 5.82 Å². The first-order chi connectivity index (χ1) is 10.4. The Morgan fingerprint density at radius 1 is 1.05 bits per heavy atom. The Bertz CT molecular complexity index is 599. The minimum absolute atomic E-state index is 0.513. The van der Waals surface area contributed by atoms with Crippen molar-refractivity contribution in [1.82, 2.24) is 15.1 Å². The summed E-state index contributed by atoms with van der Waals surface area (Å²) in [5.74, 6) is 2.33. The van der Waals surface area contributed by atoms with E-state index in [2.05, 4.69) is 51.7 Å². The van der Waals surface area contributed by atoms with Gasteiger partial charge in [-0.1, -0.05) is 30.3 Å². The molecule has 2 aromatic rings. The lowest BCUT2D eigenvalue weighted by molar-refractivity contribution is 0.441. The molecule has 0 spiro atoms. The third-order valence-corrected chi connectivity index (χ3v) is 4.75. The number of hydrogen-bond acceptors (Lipinski definition) is 3. The first-order valence-corrected chi connectivity index (χ1v) is 7.97. The number of anilines is 1. The monoisotopic (exact) mass is 282 g/mol. The predicted molar refractivity (Wildman–Crippen MR) is 84.7 cm³/mol. The Labute approximate surface area is 125 Å². The second kappa shape index (κ2) is 5.53. The Morgan fingerprint density at radius 2 is 1.86 bits per heavy atom. The van der Waals surface area contributed by atoms with Crippen LogP contribution in [0.15, 0.2) is 36.4 Å². The second-order valence-electron chi connectivity index (χ2n) is 6.15. The van der Waals surface area contributed by atoms with Crippen molar-refractivity contribution < 1.29 is 0 Å². The van der Waals surface area contributed by atoms with E-state index in [0.29, 0.717) is 11.8 Å². The van der Waals surface area contributed by atoms with E-state index in [1.54, 1.807) is 0 Å². The van der Waals surface area contributed by atoms with Gasteiger partial charge >= 0.3 is 0 Å². The predicted octanol–water partition coefficient (Wildman–Crippen LogP) is 2.56. The van der Waals surface area contributed by atoms with Gasteiger partial charge in [0.05, 0.1) is 12.2 Å². The minimum Gasteiger partial charge on any atom is -0.370 e. The van der Waals surface area contributed by atoms with E-state index in [1.165, 1.54) is 29.9 Å². The number of hydrogen-bond donors (Lipinski definition) is 2. The van der Waals surface area contributed by atoms with Crippen molar-refractivity contribution in [3.8, 4) is 0 Å². The molecule has 2 aliphatic heterocycles. The van der Waals surface area contributed by atoms with Crippen LogP contribution >= 0.6 is 0 Å². The molecule has 1 aromatic carbocycles. The van der Waals surface area contributed by atoms with Crippen molar-refractivity contribution in [2.24, 2.45) is 0 Å². The molecular weight excluding hydrogens is 260 g/mol. The van der Waals surface area contributed by atoms with Crippen molar-refractivity contribution in [1.29, 1.82) is 0 Å². The number of nitrogens with zero attached hydrogens (tertiary/aromatic N) is 2. The van der Waals surface area contributed by atoms with Gasteiger partial charge in [0.2, 0.25) is 0 Å². The fourth-order valence-corrected chi connectivity index (χ4v) is 3.48. The maximum atomic E-state index is 4.88.